The molecule has 1 N–H and O–H groups in total. The monoisotopic (exact) mass is 444 g/mol. The van der Waals surface area contributed by atoms with Crippen LogP contribution >= 0.6 is 34.7 Å². The van der Waals surface area contributed by atoms with Crippen LogP contribution in [0.2, 0.25) is 5.02 Å². The Bertz CT molecular complexity index is 967. The first-order chi connectivity index (χ1) is 14.1. The molecule has 0 saturated carbocycles. The molecule has 1 aliphatic rings. The fourth-order valence-electron chi connectivity index (χ4n) is 3.26. The molecule has 1 aromatic carbocycles. The highest BCUT2D eigenvalue weighted by molar-refractivity contribution is 8.01. The number of nitrogens with one attached hydrogen (secondary N) is 1. The first-order valence-electron chi connectivity index (χ1n) is 9.44. The normalized spacial score (nSPS) is 14.8. The molecule has 150 valence electrons. The summed E-state index contributed by atoms with van der Waals surface area (Å²) in [6.45, 7) is 3.63. The third kappa shape index (κ3) is 5.29. The van der Waals surface area contributed by atoms with Crippen molar-refractivity contribution in [2.45, 2.75) is 29.0 Å². The Morgan fingerprint density at radius 3 is 2.59 bits per heavy atom. The molecule has 3 heterocycles. The summed E-state index contributed by atoms with van der Waals surface area (Å²) < 4.78 is 1.03. The van der Waals surface area contributed by atoms with Crippen LogP contribution in [-0.4, -0.2) is 29.0 Å². The second kappa shape index (κ2) is 9.15. The number of piperidine rings is 1. The van der Waals surface area contributed by atoms with E-state index in [4.69, 9.17) is 11.6 Å². The maximum absolute atomic E-state index is 12.7. The molecule has 1 aliphatic heterocycles. The summed E-state index contributed by atoms with van der Waals surface area (Å²) in [7, 11) is 0. The number of hydrogen-bond acceptors (Lipinski definition) is 6. The molecule has 2 aromatic heterocycles. The minimum absolute atomic E-state index is 0.0193. The molecule has 29 heavy (non-hydrogen) atoms. The summed E-state index contributed by atoms with van der Waals surface area (Å²) in [5.41, 5.74) is 1.87. The summed E-state index contributed by atoms with van der Waals surface area (Å²) in [6.07, 6.45) is 3.29. The van der Waals surface area contributed by atoms with Crippen LogP contribution in [0.1, 0.15) is 18.5 Å². The van der Waals surface area contributed by atoms with Crippen LogP contribution in [0, 0.1) is 12.8 Å². The van der Waals surface area contributed by atoms with E-state index in [1.807, 2.05) is 48.7 Å². The molecule has 8 heteroatoms. The van der Waals surface area contributed by atoms with E-state index in [0.717, 1.165) is 52.4 Å². The number of benzene rings is 1. The van der Waals surface area contributed by atoms with Gasteiger partial charge < -0.3 is 10.2 Å². The smallest absolute Gasteiger partial charge is 0.227 e. The number of hydrogen-bond donors (Lipinski definition) is 1. The Morgan fingerprint density at radius 2 is 1.97 bits per heavy atom. The molecule has 4 rings (SSSR count). The molecular formula is C21H21ClN4OS2. The van der Waals surface area contributed by atoms with Crippen LogP contribution in [0.15, 0.2) is 57.2 Å². The van der Waals surface area contributed by atoms with Gasteiger partial charge in [-0.15, -0.1) is 11.3 Å². The number of rotatable bonds is 5. The minimum Gasteiger partial charge on any atom is -0.357 e. The lowest BCUT2D eigenvalue weighted by Crippen LogP contribution is -2.38. The SMILES string of the molecule is Cc1csc(Sc2ccc(NC(=O)C3CCN(c4ccc(Cl)cn4)CC3)cc2)n1. The van der Waals surface area contributed by atoms with Gasteiger partial charge in [-0.1, -0.05) is 23.4 Å². The van der Waals surface area contributed by atoms with Crippen LogP contribution in [0.5, 0.6) is 0 Å². The molecule has 0 unspecified atom stereocenters. The second-order valence-electron chi connectivity index (χ2n) is 6.97. The van der Waals surface area contributed by atoms with Crippen molar-refractivity contribution in [1.29, 1.82) is 0 Å². The molecule has 0 aliphatic carbocycles. The minimum atomic E-state index is 0.0193. The van der Waals surface area contributed by atoms with E-state index in [-0.39, 0.29) is 11.8 Å². The number of amides is 1. The van der Waals surface area contributed by atoms with Crippen molar-refractivity contribution in [3.05, 3.63) is 58.7 Å². The van der Waals surface area contributed by atoms with Crippen LogP contribution in [0.3, 0.4) is 0 Å². The molecule has 0 spiro atoms. The summed E-state index contributed by atoms with van der Waals surface area (Å²) in [6, 6.07) is 11.7. The summed E-state index contributed by atoms with van der Waals surface area (Å²) in [4.78, 5) is 24.8. The first kappa shape index (κ1) is 20.2. The number of carbonyl (C=O) groups is 1. The van der Waals surface area contributed by atoms with Gasteiger partial charge >= 0.3 is 0 Å². The fraction of sp³-hybridized carbons (Fsp3) is 0.286. The largest absolute Gasteiger partial charge is 0.357 e. The van der Waals surface area contributed by atoms with E-state index in [1.165, 1.54) is 0 Å². The predicted molar refractivity (Wildman–Crippen MR) is 120 cm³/mol. The van der Waals surface area contributed by atoms with Crippen molar-refractivity contribution in [3.8, 4) is 0 Å². The van der Waals surface area contributed by atoms with Crippen LogP contribution in [0.25, 0.3) is 0 Å². The number of thiazole rings is 1. The summed E-state index contributed by atoms with van der Waals surface area (Å²) in [5, 5.41) is 5.74. The van der Waals surface area contributed by atoms with E-state index >= 15 is 0 Å². The van der Waals surface area contributed by atoms with Crippen molar-refractivity contribution in [1.82, 2.24) is 9.97 Å². The number of aryl methyl sites for hydroxylation is 1. The molecule has 5 nitrogen and oxygen atoms in total. The highest BCUT2D eigenvalue weighted by Gasteiger charge is 2.25. The Hall–Kier alpha value is -2.09. The molecule has 1 saturated heterocycles. The fourth-order valence-corrected chi connectivity index (χ4v) is 5.18. The molecule has 0 atom stereocenters. The van der Waals surface area contributed by atoms with Gasteiger partial charge in [0.2, 0.25) is 5.91 Å². The van der Waals surface area contributed by atoms with E-state index in [9.17, 15) is 4.79 Å². The van der Waals surface area contributed by atoms with E-state index < -0.39 is 0 Å². The highest BCUT2D eigenvalue weighted by Crippen LogP contribution is 2.31. The van der Waals surface area contributed by atoms with Crippen LogP contribution in [-0.2, 0) is 4.79 Å². The van der Waals surface area contributed by atoms with Crippen molar-refractivity contribution >= 4 is 52.1 Å². The molecule has 1 amide bonds. The van der Waals surface area contributed by atoms with Crippen LogP contribution in [0.4, 0.5) is 11.5 Å². The van der Waals surface area contributed by atoms with Crippen molar-refractivity contribution in [2.24, 2.45) is 5.92 Å². The number of anilines is 2. The summed E-state index contributed by atoms with van der Waals surface area (Å²) >= 11 is 9.19. The average Bonchev–Trinajstić information content (AvgIpc) is 3.15. The second-order valence-corrected chi connectivity index (χ2v) is 9.58. The predicted octanol–water partition coefficient (Wildman–Crippen LogP) is 5.51. The van der Waals surface area contributed by atoms with Gasteiger partial charge in [0.15, 0.2) is 4.34 Å². The molecule has 3 aromatic rings. The third-order valence-corrected chi connectivity index (χ3v) is 7.11. The van der Waals surface area contributed by atoms with Gasteiger partial charge in [0.05, 0.1) is 5.02 Å². The zero-order chi connectivity index (χ0) is 20.2. The van der Waals surface area contributed by atoms with Gasteiger partial charge in [-0.2, -0.15) is 0 Å². The Balaban J connectivity index is 1.29. The lowest BCUT2D eigenvalue weighted by atomic mass is 9.96. The van der Waals surface area contributed by atoms with Crippen molar-refractivity contribution in [3.63, 3.8) is 0 Å². The number of carbonyl (C=O) groups excluding carboxylic acids is 1. The Kier molecular flexibility index (Phi) is 6.37. The molecular weight excluding hydrogens is 424 g/mol. The molecule has 0 radical (unpaired) electrons. The number of nitrogens with zero attached hydrogens (tertiary/aromatic N) is 3. The third-order valence-electron chi connectivity index (χ3n) is 4.83. The van der Waals surface area contributed by atoms with Gasteiger partial charge in [0.1, 0.15) is 5.82 Å². The average molecular weight is 445 g/mol. The van der Waals surface area contributed by atoms with E-state index in [1.54, 1.807) is 29.3 Å². The number of aromatic nitrogens is 2. The maximum Gasteiger partial charge on any atom is 0.227 e. The maximum atomic E-state index is 12.7. The quantitative estimate of drug-likeness (QED) is 0.562. The van der Waals surface area contributed by atoms with Crippen molar-refractivity contribution < 1.29 is 4.79 Å². The lowest BCUT2D eigenvalue weighted by Gasteiger charge is -2.32. The van der Waals surface area contributed by atoms with Gasteiger partial charge in [0.25, 0.3) is 0 Å². The zero-order valence-electron chi connectivity index (χ0n) is 16.0. The first-order valence-corrected chi connectivity index (χ1v) is 11.5. The standard InChI is InChI=1S/C21H21ClN4OS2/c1-14-13-28-21(24-14)29-18-5-3-17(4-6-18)25-20(27)15-8-10-26(11-9-15)19-7-2-16(22)12-23-19/h2-7,12-13,15H,8-11H2,1H3,(H,25,27). The number of halogens is 1. The van der Waals surface area contributed by atoms with Gasteiger partial charge in [0, 0.05) is 46.9 Å². The van der Waals surface area contributed by atoms with E-state index in [0.29, 0.717) is 5.02 Å². The van der Waals surface area contributed by atoms with Gasteiger partial charge in [-0.05, 0) is 56.2 Å². The van der Waals surface area contributed by atoms with Crippen molar-refractivity contribution in [2.75, 3.05) is 23.3 Å². The van der Waals surface area contributed by atoms with Gasteiger partial charge in [-0.25, -0.2) is 9.97 Å². The number of pyridine rings is 1. The Morgan fingerprint density at radius 1 is 1.21 bits per heavy atom. The van der Waals surface area contributed by atoms with Crippen LogP contribution < -0.4 is 10.2 Å². The molecule has 1 fully saturated rings. The Labute approximate surface area is 183 Å². The van der Waals surface area contributed by atoms with E-state index in [2.05, 4.69) is 20.2 Å². The lowest BCUT2D eigenvalue weighted by molar-refractivity contribution is -0.120. The zero-order valence-corrected chi connectivity index (χ0v) is 18.4. The summed E-state index contributed by atoms with van der Waals surface area (Å²) in [5.74, 6) is 1.02. The highest BCUT2D eigenvalue weighted by atomic mass is 35.5. The van der Waals surface area contributed by atoms with Gasteiger partial charge in [-0.3, -0.25) is 4.79 Å². The topological polar surface area (TPSA) is 58.1 Å². The molecule has 0 bridgehead atoms.